The molecule has 2 aliphatic rings. The van der Waals surface area contributed by atoms with Gasteiger partial charge in [-0.2, -0.15) is 0 Å². The van der Waals surface area contributed by atoms with E-state index in [0.29, 0.717) is 11.8 Å². The Morgan fingerprint density at radius 1 is 1.33 bits per heavy atom. The van der Waals surface area contributed by atoms with Crippen LogP contribution < -0.4 is 0 Å². The van der Waals surface area contributed by atoms with Crippen LogP contribution in [-0.4, -0.2) is 13.1 Å². The Hall–Kier alpha value is -0.530. The van der Waals surface area contributed by atoms with Crippen LogP contribution in [0.3, 0.4) is 0 Å². The fraction of sp³-hybridized carbons (Fsp3) is 0.900. The first-order valence-corrected chi connectivity index (χ1v) is 4.82. The quantitative estimate of drug-likeness (QED) is 0.558. The van der Waals surface area contributed by atoms with Gasteiger partial charge in [-0.3, -0.25) is 4.79 Å². The predicted octanol–water partition coefficient (Wildman–Crippen LogP) is 1.84. The van der Waals surface area contributed by atoms with Crippen LogP contribution in [0.5, 0.6) is 0 Å². The molecular weight excluding hydrogens is 152 g/mol. The molecule has 0 aromatic carbocycles. The van der Waals surface area contributed by atoms with Crippen molar-refractivity contribution in [2.45, 2.75) is 26.2 Å². The number of rotatable bonds is 1. The van der Waals surface area contributed by atoms with Gasteiger partial charge in [0.05, 0.1) is 13.0 Å². The molecule has 0 spiro atoms. The molecule has 0 aliphatic heterocycles. The van der Waals surface area contributed by atoms with E-state index in [2.05, 4.69) is 6.92 Å². The molecule has 2 heteroatoms. The van der Waals surface area contributed by atoms with Gasteiger partial charge in [-0.05, 0) is 37.0 Å². The number of methoxy groups -OCH3 is 1. The van der Waals surface area contributed by atoms with Crippen LogP contribution >= 0.6 is 0 Å². The summed E-state index contributed by atoms with van der Waals surface area (Å²) in [4.78, 5) is 11.4. The van der Waals surface area contributed by atoms with Gasteiger partial charge >= 0.3 is 5.97 Å². The van der Waals surface area contributed by atoms with Crippen LogP contribution in [-0.2, 0) is 9.53 Å². The number of hydrogen-bond donors (Lipinski definition) is 0. The van der Waals surface area contributed by atoms with Crippen molar-refractivity contribution < 1.29 is 9.53 Å². The molecular formula is C10H16O2. The molecule has 0 aromatic rings. The number of carbonyl (C=O) groups is 1. The average Bonchev–Trinajstić information content (AvgIpc) is 2.63. The van der Waals surface area contributed by atoms with Crippen LogP contribution in [0.2, 0.25) is 0 Å². The van der Waals surface area contributed by atoms with Crippen molar-refractivity contribution in [1.29, 1.82) is 0 Å². The monoisotopic (exact) mass is 168 g/mol. The predicted molar refractivity (Wildman–Crippen MR) is 45.5 cm³/mol. The first-order chi connectivity index (χ1) is 5.74. The van der Waals surface area contributed by atoms with Crippen molar-refractivity contribution >= 4 is 5.97 Å². The van der Waals surface area contributed by atoms with E-state index in [-0.39, 0.29) is 11.9 Å². The van der Waals surface area contributed by atoms with E-state index in [1.165, 1.54) is 26.4 Å². The Bertz CT molecular complexity index is 198. The number of fused-ring (bicyclic) bond motifs is 2. The second kappa shape index (κ2) is 2.75. The third kappa shape index (κ3) is 0.970. The van der Waals surface area contributed by atoms with E-state index in [4.69, 9.17) is 4.74 Å². The SMILES string of the molecule is COC(=O)C1C2CCC(C2)C1C. The molecule has 0 amide bonds. The Kier molecular flexibility index (Phi) is 1.85. The molecule has 2 nitrogen and oxygen atoms in total. The average molecular weight is 168 g/mol. The smallest absolute Gasteiger partial charge is 0.309 e. The van der Waals surface area contributed by atoms with Crippen molar-refractivity contribution in [3.8, 4) is 0 Å². The molecule has 2 aliphatic carbocycles. The second-order valence-electron chi connectivity index (χ2n) is 4.24. The summed E-state index contributed by atoms with van der Waals surface area (Å²) in [6.07, 6.45) is 3.84. The van der Waals surface area contributed by atoms with Gasteiger partial charge in [-0.1, -0.05) is 6.92 Å². The maximum absolute atomic E-state index is 11.4. The van der Waals surface area contributed by atoms with Crippen LogP contribution in [0, 0.1) is 23.7 Å². The summed E-state index contributed by atoms with van der Waals surface area (Å²) < 4.78 is 4.82. The van der Waals surface area contributed by atoms with Crippen molar-refractivity contribution in [3.63, 3.8) is 0 Å². The van der Waals surface area contributed by atoms with Crippen molar-refractivity contribution in [1.82, 2.24) is 0 Å². The summed E-state index contributed by atoms with van der Waals surface area (Å²) in [6, 6.07) is 0. The zero-order chi connectivity index (χ0) is 8.72. The molecule has 68 valence electrons. The molecule has 0 aromatic heterocycles. The van der Waals surface area contributed by atoms with Gasteiger partial charge in [0.2, 0.25) is 0 Å². The molecule has 2 saturated carbocycles. The van der Waals surface area contributed by atoms with E-state index in [9.17, 15) is 4.79 Å². The molecule has 4 unspecified atom stereocenters. The highest BCUT2D eigenvalue weighted by Crippen LogP contribution is 2.52. The summed E-state index contributed by atoms with van der Waals surface area (Å²) in [5.74, 6) is 2.25. The first kappa shape index (κ1) is 8.09. The number of esters is 1. The number of hydrogen-bond acceptors (Lipinski definition) is 2. The van der Waals surface area contributed by atoms with E-state index >= 15 is 0 Å². The van der Waals surface area contributed by atoms with Gasteiger partial charge in [0, 0.05) is 0 Å². The minimum absolute atomic E-state index is 0.0229. The van der Waals surface area contributed by atoms with Crippen molar-refractivity contribution in [3.05, 3.63) is 0 Å². The highest BCUT2D eigenvalue weighted by Gasteiger charge is 2.48. The zero-order valence-corrected chi connectivity index (χ0v) is 7.75. The summed E-state index contributed by atoms with van der Waals surface area (Å²) in [6.45, 7) is 2.20. The Morgan fingerprint density at radius 3 is 2.50 bits per heavy atom. The molecule has 2 fully saturated rings. The maximum atomic E-state index is 11.4. The summed E-state index contributed by atoms with van der Waals surface area (Å²) >= 11 is 0. The van der Waals surface area contributed by atoms with E-state index < -0.39 is 0 Å². The third-order valence-corrected chi connectivity index (χ3v) is 3.80. The minimum atomic E-state index is 0.0229. The van der Waals surface area contributed by atoms with E-state index in [1.807, 2.05) is 0 Å². The molecule has 0 saturated heterocycles. The van der Waals surface area contributed by atoms with Crippen molar-refractivity contribution in [2.75, 3.05) is 7.11 Å². The van der Waals surface area contributed by atoms with Gasteiger partial charge < -0.3 is 4.74 Å². The lowest BCUT2D eigenvalue weighted by Crippen LogP contribution is -2.28. The fourth-order valence-electron chi connectivity index (χ4n) is 3.12. The lowest BCUT2D eigenvalue weighted by molar-refractivity contribution is -0.149. The van der Waals surface area contributed by atoms with E-state index in [0.717, 1.165) is 5.92 Å². The van der Waals surface area contributed by atoms with Gasteiger partial charge in [0.15, 0.2) is 0 Å². The summed E-state index contributed by atoms with van der Waals surface area (Å²) in [7, 11) is 1.50. The third-order valence-electron chi connectivity index (χ3n) is 3.80. The lowest BCUT2D eigenvalue weighted by atomic mass is 9.80. The van der Waals surface area contributed by atoms with Crippen LogP contribution in [0.1, 0.15) is 26.2 Å². The van der Waals surface area contributed by atoms with Crippen molar-refractivity contribution in [2.24, 2.45) is 23.7 Å². The van der Waals surface area contributed by atoms with Crippen LogP contribution in [0.25, 0.3) is 0 Å². The minimum Gasteiger partial charge on any atom is -0.469 e. The Balaban J connectivity index is 2.12. The first-order valence-electron chi connectivity index (χ1n) is 4.82. The molecule has 2 bridgehead atoms. The number of carbonyl (C=O) groups excluding carboxylic acids is 1. The molecule has 0 radical (unpaired) electrons. The van der Waals surface area contributed by atoms with Gasteiger partial charge in [-0.15, -0.1) is 0 Å². The van der Waals surface area contributed by atoms with Gasteiger partial charge in [-0.25, -0.2) is 0 Å². The summed E-state index contributed by atoms with van der Waals surface area (Å²) in [5, 5.41) is 0. The maximum Gasteiger partial charge on any atom is 0.309 e. The highest BCUT2D eigenvalue weighted by molar-refractivity contribution is 5.73. The summed E-state index contributed by atoms with van der Waals surface area (Å²) in [5.41, 5.74) is 0. The van der Waals surface area contributed by atoms with Crippen LogP contribution in [0.4, 0.5) is 0 Å². The van der Waals surface area contributed by atoms with Gasteiger partial charge in [0.25, 0.3) is 0 Å². The molecule has 0 N–H and O–H groups in total. The Morgan fingerprint density at radius 2 is 2.00 bits per heavy atom. The lowest BCUT2D eigenvalue weighted by Gasteiger charge is -2.25. The Labute approximate surface area is 73.3 Å². The molecule has 12 heavy (non-hydrogen) atoms. The largest absolute Gasteiger partial charge is 0.469 e. The molecule has 4 atom stereocenters. The standard InChI is InChI=1S/C10H16O2/c1-6-7-3-4-8(5-7)9(6)10(11)12-2/h6-9H,3-5H2,1-2H3. The topological polar surface area (TPSA) is 26.3 Å². The highest BCUT2D eigenvalue weighted by atomic mass is 16.5. The molecule has 2 rings (SSSR count). The van der Waals surface area contributed by atoms with Crippen LogP contribution in [0.15, 0.2) is 0 Å². The zero-order valence-electron chi connectivity index (χ0n) is 7.75. The normalized spacial score (nSPS) is 44.8. The fourth-order valence-corrected chi connectivity index (χ4v) is 3.12. The molecule has 0 heterocycles. The van der Waals surface area contributed by atoms with Gasteiger partial charge in [0.1, 0.15) is 0 Å². The number of ether oxygens (including phenoxy) is 1. The van der Waals surface area contributed by atoms with E-state index in [1.54, 1.807) is 0 Å². The second-order valence-corrected chi connectivity index (χ2v) is 4.24.